The first kappa shape index (κ1) is 16.0. The van der Waals surface area contributed by atoms with E-state index in [0.717, 1.165) is 31.0 Å². The van der Waals surface area contributed by atoms with Crippen molar-refractivity contribution in [3.05, 3.63) is 30.1 Å². The van der Waals surface area contributed by atoms with Crippen LogP contribution >= 0.6 is 0 Å². The lowest BCUT2D eigenvalue weighted by molar-refractivity contribution is 0.263. The molecule has 0 bridgehead atoms. The number of hydrogen-bond donors (Lipinski definition) is 1. The van der Waals surface area contributed by atoms with Gasteiger partial charge in [-0.2, -0.15) is 0 Å². The van der Waals surface area contributed by atoms with Gasteiger partial charge in [0.2, 0.25) is 0 Å². The van der Waals surface area contributed by atoms with Gasteiger partial charge in [0.1, 0.15) is 5.82 Å². The minimum Gasteiger partial charge on any atom is -0.328 e. The first-order chi connectivity index (χ1) is 10.2. The predicted octanol–water partition coefficient (Wildman–Crippen LogP) is 3.18. The quantitative estimate of drug-likeness (QED) is 0.811. The molecule has 0 saturated carbocycles. The molecule has 0 aliphatic heterocycles. The van der Waals surface area contributed by atoms with Crippen LogP contribution in [0.2, 0.25) is 0 Å². The van der Waals surface area contributed by atoms with Gasteiger partial charge in [0.15, 0.2) is 0 Å². The Hall–Kier alpha value is -1.39. The Morgan fingerprint density at radius 1 is 1.29 bits per heavy atom. The maximum Gasteiger partial charge on any atom is 0.124 e. The number of fused-ring (bicyclic) bond motifs is 1. The zero-order valence-electron chi connectivity index (χ0n) is 13.5. The zero-order valence-corrected chi connectivity index (χ0v) is 13.5. The summed E-state index contributed by atoms with van der Waals surface area (Å²) in [5, 5.41) is 0. The van der Waals surface area contributed by atoms with Gasteiger partial charge in [0.25, 0.3) is 0 Å². The van der Waals surface area contributed by atoms with Gasteiger partial charge in [-0.05, 0) is 38.6 Å². The summed E-state index contributed by atoms with van der Waals surface area (Å²) in [6.45, 7) is 10.3. The molecule has 1 unspecified atom stereocenters. The highest BCUT2D eigenvalue weighted by Gasteiger charge is 2.16. The van der Waals surface area contributed by atoms with E-state index in [9.17, 15) is 0 Å². The van der Waals surface area contributed by atoms with E-state index in [1.807, 2.05) is 6.07 Å². The summed E-state index contributed by atoms with van der Waals surface area (Å²) < 4.78 is 2.31. The Balaban J connectivity index is 2.33. The van der Waals surface area contributed by atoms with Crippen LogP contribution in [0.5, 0.6) is 0 Å². The normalized spacial score (nSPS) is 13.2. The van der Waals surface area contributed by atoms with Gasteiger partial charge in [-0.25, -0.2) is 4.98 Å². The van der Waals surface area contributed by atoms with Gasteiger partial charge < -0.3 is 10.3 Å². The summed E-state index contributed by atoms with van der Waals surface area (Å²) >= 11 is 0. The average Bonchev–Trinajstić information content (AvgIpc) is 2.88. The number of unbranched alkanes of at least 4 members (excludes halogenated alkanes) is 1. The molecule has 2 rings (SSSR count). The van der Waals surface area contributed by atoms with E-state index < -0.39 is 0 Å². The molecule has 1 aromatic heterocycles. The van der Waals surface area contributed by atoms with Gasteiger partial charge in [-0.3, -0.25) is 4.90 Å². The zero-order chi connectivity index (χ0) is 15.2. The van der Waals surface area contributed by atoms with Gasteiger partial charge in [0, 0.05) is 12.6 Å². The van der Waals surface area contributed by atoms with Crippen molar-refractivity contribution in [1.82, 2.24) is 14.5 Å². The molecule has 1 atom stereocenters. The second-order valence-corrected chi connectivity index (χ2v) is 5.69. The summed E-state index contributed by atoms with van der Waals surface area (Å²) in [5.41, 5.74) is 8.16. The van der Waals surface area contributed by atoms with Crippen molar-refractivity contribution in [2.24, 2.45) is 5.73 Å². The first-order valence-corrected chi connectivity index (χ1v) is 8.09. The minimum atomic E-state index is 0.275. The fraction of sp³-hybridized carbons (Fsp3) is 0.588. The number of rotatable bonds is 8. The van der Waals surface area contributed by atoms with E-state index in [1.165, 1.54) is 18.4 Å². The third-order valence-corrected chi connectivity index (χ3v) is 4.09. The molecule has 2 N–H and O–H groups in total. The first-order valence-electron chi connectivity index (χ1n) is 8.09. The van der Waals surface area contributed by atoms with E-state index in [4.69, 9.17) is 10.7 Å². The van der Waals surface area contributed by atoms with Crippen LogP contribution in [-0.2, 0) is 6.54 Å². The summed E-state index contributed by atoms with van der Waals surface area (Å²) in [6.07, 6.45) is 2.46. The van der Waals surface area contributed by atoms with E-state index in [-0.39, 0.29) is 6.04 Å². The minimum absolute atomic E-state index is 0.275. The van der Waals surface area contributed by atoms with Crippen LogP contribution in [-0.4, -0.2) is 34.1 Å². The maximum absolute atomic E-state index is 5.90. The SMILES string of the molecule is CCCCN(CC)Cc1nc2ccccc2n1C(C)CN. The Morgan fingerprint density at radius 2 is 2.05 bits per heavy atom. The molecule has 0 saturated heterocycles. The molecule has 0 fully saturated rings. The van der Waals surface area contributed by atoms with Crippen molar-refractivity contribution in [2.45, 2.75) is 46.2 Å². The highest BCUT2D eigenvalue weighted by atomic mass is 15.2. The smallest absolute Gasteiger partial charge is 0.124 e. The summed E-state index contributed by atoms with van der Waals surface area (Å²) in [7, 11) is 0. The van der Waals surface area contributed by atoms with Crippen LogP contribution in [0.4, 0.5) is 0 Å². The molecular formula is C17H28N4. The molecular weight excluding hydrogens is 260 g/mol. The molecule has 1 heterocycles. The van der Waals surface area contributed by atoms with Gasteiger partial charge in [-0.15, -0.1) is 0 Å². The number of aromatic nitrogens is 2. The highest BCUT2D eigenvalue weighted by molar-refractivity contribution is 5.76. The van der Waals surface area contributed by atoms with Crippen LogP contribution in [0.25, 0.3) is 11.0 Å². The van der Waals surface area contributed by atoms with Crippen molar-refractivity contribution < 1.29 is 0 Å². The van der Waals surface area contributed by atoms with Gasteiger partial charge in [0.05, 0.1) is 17.6 Å². The van der Waals surface area contributed by atoms with E-state index in [2.05, 4.69) is 48.4 Å². The van der Waals surface area contributed by atoms with Crippen molar-refractivity contribution in [3.8, 4) is 0 Å². The lowest BCUT2D eigenvalue weighted by Crippen LogP contribution is -2.27. The lowest BCUT2D eigenvalue weighted by Gasteiger charge is -2.22. The largest absolute Gasteiger partial charge is 0.328 e. The second-order valence-electron chi connectivity index (χ2n) is 5.69. The van der Waals surface area contributed by atoms with Gasteiger partial charge in [-0.1, -0.05) is 32.4 Å². The molecule has 0 spiro atoms. The molecule has 4 nitrogen and oxygen atoms in total. The highest BCUT2D eigenvalue weighted by Crippen LogP contribution is 2.21. The Kier molecular flexibility index (Phi) is 5.76. The molecule has 0 aliphatic carbocycles. The number of imidazole rings is 1. The summed E-state index contributed by atoms with van der Waals surface area (Å²) in [4.78, 5) is 7.31. The standard InChI is InChI=1S/C17H28N4/c1-4-6-11-20(5-2)13-17-19-15-9-7-8-10-16(15)21(17)14(3)12-18/h7-10,14H,4-6,11-13,18H2,1-3H3. The van der Waals surface area contributed by atoms with Crippen molar-refractivity contribution in [2.75, 3.05) is 19.6 Å². The maximum atomic E-state index is 5.90. The second kappa shape index (κ2) is 7.57. The third kappa shape index (κ3) is 3.63. The number of benzene rings is 1. The third-order valence-electron chi connectivity index (χ3n) is 4.09. The average molecular weight is 288 g/mol. The number of nitrogens with two attached hydrogens (primary N) is 1. The van der Waals surface area contributed by atoms with E-state index in [0.29, 0.717) is 6.54 Å². The van der Waals surface area contributed by atoms with E-state index in [1.54, 1.807) is 0 Å². The summed E-state index contributed by atoms with van der Waals surface area (Å²) in [5.74, 6) is 1.13. The fourth-order valence-electron chi connectivity index (χ4n) is 2.73. The molecule has 0 amide bonds. The number of nitrogens with zero attached hydrogens (tertiary/aromatic N) is 3. The molecule has 0 aliphatic rings. The lowest BCUT2D eigenvalue weighted by atomic mass is 10.2. The molecule has 2 aromatic rings. The van der Waals surface area contributed by atoms with Crippen molar-refractivity contribution >= 4 is 11.0 Å². The molecule has 116 valence electrons. The fourth-order valence-corrected chi connectivity index (χ4v) is 2.73. The topological polar surface area (TPSA) is 47.1 Å². The van der Waals surface area contributed by atoms with Crippen LogP contribution in [0, 0.1) is 0 Å². The monoisotopic (exact) mass is 288 g/mol. The van der Waals surface area contributed by atoms with E-state index >= 15 is 0 Å². The van der Waals surface area contributed by atoms with Crippen LogP contribution in [0.1, 0.15) is 45.5 Å². The van der Waals surface area contributed by atoms with Crippen LogP contribution in [0.3, 0.4) is 0 Å². The number of para-hydroxylation sites is 2. The number of hydrogen-bond acceptors (Lipinski definition) is 3. The Bertz CT molecular complexity index is 561. The Morgan fingerprint density at radius 3 is 2.71 bits per heavy atom. The van der Waals surface area contributed by atoms with Crippen molar-refractivity contribution in [3.63, 3.8) is 0 Å². The van der Waals surface area contributed by atoms with Crippen molar-refractivity contribution in [1.29, 1.82) is 0 Å². The predicted molar refractivity (Wildman–Crippen MR) is 89.4 cm³/mol. The molecule has 0 radical (unpaired) electrons. The van der Waals surface area contributed by atoms with Crippen LogP contribution in [0.15, 0.2) is 24.3 Å². The molecule has 4 heteroatoms. The molecule has 21 heavy (non-hydrogen) atoms. The Labute approximate surface area is 128 Å². The van der Waals surface area contributed by atoms with Gasteiger partial charge >= 0.3 is 0 Å². The van der Waals surface area contributed by atoms with Crippen LogP contribution < -0.4 is 5.73 Å². The molecule has 1 aromatic carbocycles. The summed E-state index contributed by atoms with van der Waals surface area (Å²) in [6, 6.07) is 8.62.